The third-order valence-corrected chi connectivity index (χ3v) is 8.68. The quantitative estimate of drug-likeness (QED) is 0.367. The maximum atomic E-state index is 14.2. The Morgan fingerprint density at radius 1 is 1.14 bits per heavy atom. The number of aryl methyl sites for hydroxylation is 1. The fourth-order valence-corrected chi connectivity index (χ4v) is 6.30. The van der Waals surface area contributed by atoms with Crippen molar-refractivity contribution >= 4 is 17.7 Å². The lowest BCUT2D eigenvalue weighted by Gasteiger charge is -2.33. The van der Waals surface area contributed by atoms with Crippen LogP contribution >= 0.6 is 0 Å². The fraction of sp³-hybridized carbons (Fsp3) is 0.643. The molecule has 238 valence electrons. The minimum atomic E-state index is -3.10. The summed E-state index contributed by atoms with van der Waals surface area (Å²) in [5.74, 6) is -6.46. The highest BCUT2D eigenvalue weighted by molar-refractivity contribution is 5.92. The summed E-state index contributed by atoms with van der Waals surface area (Å²) in [5, 5.41) is 14.1. The van der Waals surface area contributed by atoms with Gasteiger partial charge in [-0.25, -0.2) is 36.8 Å². The molecule has 3 amide bonds. The summed E-state index contributed by atoms with van der Waals surface area (Å²) in [6.45, 7) is 1.63. The molecule has 2 N–H and O–H groups in total. The van der Waals surface area contributed by atoms with Crippen molar-refractivity contribution in [2.75, 3.05) is 26.3 Å². The van der Waals surface area contributed by atoms with E-state index in [1.807, 2.05) is 6.92 Å². The van der Waals surface area contributed by atoms with E-state index < -0.39 is 42.9 Å². The molecule has 0 spiro atoms. The number of halogens is 4. The highest BCUT2D eigenvalue weighted by atomic mass is 19.3. The van der Waals surface area contributed by atoms with Gasteiger partial charge in [0.15, 0.2) is 0 Å². The molecule has 44 heavy (non-hydrogen) atoms. The van der Waals surface area contributed by atoms with Crippen LogP contribution in [0.2, 0.25) is 0 Å². The van der Waals surface area contributed by atoms with Gasteiger partial charge in [0.1, 0.15) is 11.4 Å². The molecule has 0 aromatic carbocycles. The van der Waals surface area contributed by atoms with E-state index >= 15 is 0 Å². The van der Waals surface area contributed by atoms with E-state index in [-0.39, 0.29) is 49.8 Å². The van der Waals surface area contributed by atoms with Crippen LogP contribution < -0.4 is 10.6 Å². The molecule has 1 aliphatic carbocycles. The first-order valence-electron chi connectivity index (χ1n) is 15.0. The number of alkyl halides is 4. The SMILES string of the molecule is CCn1nccc1C(=O)N[C@H](c1cn2nc(CN3CC(F)(F)CNC3=O)c(C3CCOCC3)nc2n1)C1CCC(F)(F)CC1. The van der Waals surface area contributed by atoms with Crippen molar-refractivity contribution in [1.29, 1.82) is 0 Å². The third kappa shape index (κ3) is 6.35. The van der Waals surface area contributed by atoms with Gasteiger partial charge in [-0.3, -0.25) is 9.48 Å². The van der Waals surface area contributed by atoms with Crippen LogP contribution in [0.25, 0.3) is 5.78 Å². The molecule has 3 fully saturated rings. The Balaban J connectivity index is 1.36. The van der Waals surface area contributed by atoms with E-state index in [9.17, 15) is 27.2 Å². The largest absolute Gasteiger partial charge is 0.381 e. The van der Waals surface area contributed by atoms with Crippen LogP contribution in [0.3, 0.4) is 0 Å². The lowest BCUT2D eigenvalue weighted by atomic mass is 9.81. The van der Waals surface area contributed by atoms with Crippen molar-refractivity contribution in [3.05, 3.63) is 41.2 Å². The highest BCUT2D eigenvalue weighted by Crippen LogP contribution is 2.41. The Hall–Kier alpha value is -3.82. The predicted octanol–water partition coefficient (Wildman–Crippen LogP) is 3.69. The lowest BCUT2D eigenvalue weighted by molar-refractivity contribution is -0.0495. The molecule has 3 aromatic rings. The van der Waals surface area contributed by atoms with Crippen molar-refractivity contribution in [2.24, 2.45) is 5.92 Å². The second-order valence-electron chi connectivity index (χ2n) is 11.8. The van der Waals surface area contributed by atoms with Gasteiger partial charge >= 0.3 is 6.03 Å². The first kappa shape index (κ1) is 30.2. The summed E-state index contributed by atoms with van der Waals surface area (Å²) >= 11 is 0. The van der Waals surface area contributed by atoms with Gasteiger partial charge < -0.3 is 20.3 Å². The van der Waals surface area contributed by atoms with E-state index in [2.05, 4.69) is 15.7 Å². The zero-order valence-corrected chi connectivity index (χ0v) is 24.3. The van der Waals surface area contributed by atoms with E-state index in [0.29, 0.717) is 55.4 Å². The summed E-state index contributed by atoms with van der Waals surface area (Å²) in [6, 6.07) is 0.249. The van der Waals surface area contributed by atoms with Crippen LogP contribution in [-0.2, 0) is 17.8 Å². The zero-order chi connectivity index (χ0) is 31.1. The molecule has 0 unspecified atom stereocenters. The molecule has 1 atom stereocenters. The smallest absolute Gasteiger partial charge is 0.318 e. The summed E-state index contributed by atoms with van der Waals surface area (Å²) in [5.41, 5.74) is 1.63. The molecule has 3 aliphatic rings. The first-order chi connectivity index (χ1) is 21.0. The number of hydrogen-bond acceptors (Lipinski definition) is 7. The molecule has 0 bridgehead atoms. The number of hydrogen-bond donors (Lipinski definition) is 2. The molecule has 5 heterocycles. The van der Waals surface area contributed by atoms with Crippen LogP contribution in [0.1, 0.15) is 85.0 Å². The predicted molar refractivity (Wildman–Crippen MR) is 147 cm³/mol. The molecule has 3 aromatic heterocycles. The number of rotatable bonds is 8. The van der Waals surface area contributed by atoms with Gasteiger partial charge in [0.25, 0.3) is 17.6 Å². The molecule has 12 nitrogen and oxygen atoms in total. The monoisotopic (exact) mass is 621 g/mol. The summed E-state index contributed by atoms with van der Waals surface area (Å²) in [6.07, 6.45) is 4.11. The number of imidazole rings is 1. The van der Waals surface area contributed by atoms with E-state index in [1.54, 1.807) is 16.9 Å². The summed E-state index contributed by atoms with van der Waals surface area (Å²) < 4.78 is 65.0. The van der Waals surface area contributed by atoms with Crippen LogP contribution in [0, 0.1) is 5.92 Å². The van der Waals surface area contributed by atoms with Gasteiger partial charge in [0.2, 0.25) is 5.92 Å². The first-order valence-corrected chi connectivity index (χ1v) is 15.0. The fourth-order valence-electron chi connectivity index (χ4n) is 6.30. The van der Waals surface area contributed by atoms with Crippen molar-refractivity contribution < 1.29 is 31.9 Å². The van der Waals surface area contributed by atoms with Crippen molar-refractivity contribution in [2.45, 2.75) is 82.3 Å². The van der Waals surface area contributed by atoms with Gasteiger partial charge in [-0.2, -0.15) is 10.2 Å². The van der Waals surface area contributed by atoms with Gasteiger partial charge in [-0.05, 0) is 44.6 Å². The minimum Gasteiger partial charge on any atom is -0.381 e. The molecule has 2 aliphatic heterocycles. The molecule has 16 heteroatoms. The molecule has 1 saturated carbocycles. The second-order valence-corrected chi connectivity index (χ2v) is 11.8. The Bertz CT molecular complexity index is 1510. The Labute approximate surface area is 250 Å². The Morgan fingerprint density at radius 2 is 1.89 bits per heavy atom. The standard InChI is InChI=1S/C28H35F4N9O3/c1-2-40-21(5-10-34-40)24(42)36-22(17-3-8-27(29,30)9-4-17)19-14-41-25(35-19)37-23(18-6-11-44-12-7-18)20(38-41)13-39-16-28(31,32)15-33-26(39)43/h5,10,14,17-18,22H,2-4,6-9,11-13,15-16H2,1H3,(H,33,43)(H,36,42)/t22-/m0/s1. The Morgan fingerprint density at radius 3 is 2.61 bits per heavy atom. The number of fused-ring (bicyclic) bond motifs is 1. The lowest BCUT2D eigenvalue weighted by Crippen LogP contribution is -2.56. The highest BCUT2D eigenvalue weighted by Gasteiger charge is 2.41. The number of carbonyl (C=O) groups is 2. The number of amides is 3. The van der Waals surface area contributed by atoms with Crippen LogP contribution in [0.5, 0.6) is 0 Å². The average molecular weight is 622 g/mol. The molecule has 2 saturated heterocycles. The maximum Gasteiger partial charge on any atom is 0.318 e. The van der Waals surface area contributed by atoms with E-state index in [1.165, 1.54) is 10.7 Å². The van der Waals surface area contributed by atoms with E-state index in [4.69, 9.17) is 19.8 Å². The maximum absolute atomic E-state index is 14.2. The van der Waals surface area contributed by atoms with Crippen molar-refractivity contribution in [3.63, 3.8) is 0 Å². The van der Waals surface area contributed by atoms with Gasteiger partial charge in [0, 0.05) is 44.7 Å². The van der Waals surface area contributed by atoms with Crippen molar-refractivity contribution in [3.8, 4) is 0 Å². The van der Waals surface area contributed by atoms with Gasteiger partial charge in [0.05, 0.1) is 43.3 Å². The average Bonchev–Trinajstić information content (AvgIpc) is 3.65. The number of nitrogens with one attached hydrogen (secondary N) is 2. The summed E-state index contributed by atoms with van der Waals surface area (Å²) in [7, 11) is 0. The normalized spacial score (nSPS) is 21.8. The number of ether oxygens (including phenoxy) is 1. The molecular weight excluding hydrogens is 586 g/mol. The molecule has 6 rings (SSSR count). The van der Waals surface area contributed by atoms with Crippen molar-refractivity contribution in [1.82, 2.24) is 44.9 Å². The molecule has 0 radical (unpaired) electrons. The van der Waals surface area contributed by atoms with Crippen LogP contribution in [0.4, 0.5) is 22.4 Å². The minimum absolute atomic E-state index is 0.0878. The summed E-state index contributed by atoms with van der Waals surface area (Å²) in [4.78, 5) is 36.4. The van der Waals surface area contributed by atoms with Crippen LogP contribution in [0.15, 0.2) is 18.5 Å². The van der Waals surface area contributed by atoms with Crippen LogP contribution in [-0.4, -0.2) is 84.3 Å². The zero-order valence-electron chi connectivity index (χ0n) is 24.3. The number of carbonyl (C=O) groups excluding carboxylic acids is 2. The second kappa shape index (κ2) is 11.9. The number of aromatic nitrogens is 6. The van der Waals surface area contributed by atoms with E-state index in [0.717, 1.165) is 4.90 Å². The number of urea groups is 1. The molecular formula is C28H35F4N9O3. The third-order valence-electron chi connectivity index (χ3n) is 8.68. The Kier molecular flexibility index (Phi) is 8.20. The van der Waals surface area contributed by atoms with Gasteiger partial charge in [-0.15, -0.1) is 0 Å². The topological polar surface area (TPSA) is 132 Å². The number of nitrogens with zero attached hydrogens (tertiary/aromatic N) is 7. The van der Waals surface area contributed by atoms with Gasteiger partial charge in [-0.1, -0.05) is 0 Å².